The summed E-state index contributed by atoms with van der Waals surface area (Å²) in [6, 6.07) is 10.7. The van der Waals surface area contributed by atoms with Crippen LogP contribution in [0.15, 0.2) is 41.2 Å². The van der Waals surface area contributed by atoms with Gasteiger partial charge in [-0.1, -0.05) is 0 Å². The second-order valence-corrected chi connectivity index (χ2v) is 6.11. The third-order valence-corrected chi connectivity index (χ3v) is 4.52. The first-order valence-corrected chi connectivity index (χ1v) is 8.57. The number of carbonyl (C=O) groups excluding carboxylic acids is 1. The molecule has 0 radical (unpaired) electrons. The van der Waals surface area contributed by atoms with Crippen molar-refractivity contribution >= 4 is 5.91 Å². The molecule has 26 heavy (non-hydrogen) atoms. The highest BCUT2D eigenvalue weighted by molar-refractivity contribution is 5.91. The predicted molar refractivity (Wildman–Crippen MR) is 94.4 cm³/mol. The van der Waals surface area contributed by atoms with Crippen molar-refractivity contribution in [3.63, 3.8) is 0 Å². The Labute approximate surface area is 151 Å². The molecule has 1 aromatic carbocycles. The van der Waals surface area contributed by atoms with Crippen LogP contribution in [0.25, 0.3) is 0 Å². The fourth-order valence-corrected chi connectivity index (χ4v) is 3.07. The van der Waals surface area contributed by atoms with Crippen LogP contribution in [0, 0.1) is 0 Å². The summed E-state index contributed by atoms with van der Waals surface area (Å²) in [6.45, 7) is 3.63. The number of hydrogen-bond donors (Lipinski definition) is 3. The third-order valence-electron chi connectivity index (χ3n) is 4.52. The number of ether oxygens (including phenoxy) is 2. The molecule has 3 N–H and O–H groups in total. The van der Waals surface area contributed by atoms with Crippen molar-refractivity contribution < 1.29 is 19.2 Å². The molecule has 2 heterocycles. The molecule has 1 aromatic heterocycles. The predicted octanol–water partition coefficient (Wildman–Crippen LogP) is -0.835. The standard InChI is InChI=1S/C18H22N4O4/c1-25-14-4-2-13(3-5-14)16(22-8-10-26-11-9-22)12-19-18(24)15-6-7-17(23)21-20-15/h2-7,16H,8-12H2,1H3,(H,19,24)(H,21,23)/p+1/t16-/m1/s1. The van der Waals surface area contributed by atoms with Crippen LogP contribution in [0.3, 0.4) is 0 Å². The number of morpholine rings is 1. The monoisotopic (exact) mass is 359 g/mol. The van der Waals surface area contributed by atoms with E-state index >= 15 is 0 Å². The second-order valence-electron chi connectivity index (χ2n) is 6.11. The number of aromatic amines is 1. The van der Waals surface area contributed by atoms with Crippen LogP contribution in [-0.4, -0.2) is 56.1 Å². The number of methoxy groups -OCH3 is 1. The Hall–Kier alpha value is -2.71. The first-order chi connectivity index (χ1) is 12.7. The molecule has 1 fully saturated rings. The van der Waals surface area contributed by atoms with Crippen LogP contribution in [0.4, 0.5) is 0 Å². The topological polar surface area (TPSA) is 97.8 Å². The quantitative estimate of drug-likeness (QED) is 0.625. The molecule has 0 aliphatic carbocycles. The fraction of sp³-hybridized carbons (Fsp3) is 0.389. The van der Waals surface area contributed by atoms with E-state index in [-0.39, 0.29) is 23.2 Å². The summed E-state index contributed by atoms with van der Waals surface area (Å²) in [5.74, 6) is 0.485. The first kappa shape index (κ1) is 18.1. The summed E-state index contributed by atoms with van der Waals surface area (Å²) < 4.78 is 10.7. The van der Waals surface area contributed by atoms with Gasteiger partial charge in [0.15, 0.2) is 0 Å². The molecule has 2 aromatic rings. The maximum Gasteiger partial charge on any atom is 0.271 e. The van der Waals surface area contributed by atoms with Crippen molar-refractivity contribution in [2.45, 2.75) is 6.04 Å². The van der Waals surface area contributed by atoms with Crippen LogP contribution < -0.4 is 20.5 Å². The maximum atomic E-state index is 12.3. The zero-order valence-corrected chi connectivity index (χ0v) is 14.7. The van der Waals surface area contributed by atoms with Crippen LogP contribution in [0.5, 0.6) is 5.75 Å². The molecular weight excluding hydrogens is 336 g/mol. The van der Waals surface area contributed by atoms with E-state index in [0.29, 0.717) is 19.8 Å². The third kappa shape index (κ3) is 4.47. The number of benzene rings is 1. The van der Waals surface area contributed by atoms with Crippen LogP contribution in [0.2, 0.25) is 0 Å². The van der Waals surface area contributed by atoms with E-state index in [1.165, 1.54) is 17.0 Å². The number of quaternary nitrogens is 1. The zero-order chi connectivity index (χ0) is 18.4. The van der Waals surface area contributed by atoms with Gasteiger partial charge in [0.2, 0.25) is 0 Å². The van der Waals surface area contributed by atoms with Gasteiger partial charge in [0.25, 0.3) is 11.5 Å². The van der Waals surface area contributed by atoms with E-state index in [9.17, 15) is 9.59 Å². The zero-order valence-electron chi connectivity index (χ0n) is 14.7. The molecule has 1 saturated heterocycles. The normalized spacial score (nSPS) is 16.0. The Bertz CT molecular complexity index is 764. The van der Waals surface area contributed by atoms with Crippen LogP contribution in [-0.2, 0) is 4.74 Å². The number of H-pyrrole nitrogens is 1. The van der Waals surface area contributed by atoms with Crippen molar-refractivity contribution in [3.05, 3.63) is 58.0 Å². The maximum absolute atomic E-state index is 12.3. The SMILES string of the molecule is COc1ccc([C@@H](CNC(=O)c2ccc(=O)[nH]n2)[NH+]2CCOCC2)cc1. The number of hydrogen-bond acceptors (Lipinski definition) is 5. The molecule has 1 aliphatic rings. The summed E-state index contributed by atoms with van der Waals surface area (Å²) in [5, 5.41) is 8.97. The van der Waals surface area contributed by atoms with E-state index in [1.807, 2.05) is 24.3 Å². The molecule has 1 amide bonds. The Morgan fingerprint density at radius 3 is 2.62 bits per heavy atom. The van der Waals surface area contributed by atoms with Crippen LogP contribution in [0.1, 0.15) is 22.1 Å². The minimum atomic E-state index is -0.338. The molecule has 1 atom stereocenters. The lowest BCUT2D eigenvalue weighted by Gasteiger charge is -2.32. The largest absolute Gasteiger partial charge is 0.497 e. The fourth-order valence-electron chi connectivity index (χ4n) is 3.07. The Kier molecular flexibility index (Phi) is 5.98. The van der Waals surface area contributed by atoms with Gasteiger partial charge in [0, 0.05) is 11.6 Å². The smallest absolute Gasteiger partial charge is 0.271 e. The first-order valence-electron chi connectivity index (χ1n) is 8.57. The number of aromatic nitrogens is 2. The van der Waals surface area contributed by atoms with Gasteiger partial charge in [-0.2, -0.15) is 5.10 Å². The van der Waals surface area contributed by atoms with Gasteiger partial charge in [-0.15, -0.1) is 0 Å². The van der Waals surface area contributed by atoms with Gasteiger partial charge in [0.1, 0.15) is 30.6 Å². The van der Waals surface area contributed by atoms with Crippen LogP contribution >= 0.6 is 0 Å². The minimum Gasteiger partial charge on any atom is -0.497 e. The summed E-state index contributed by atoms with van der Waals surface area (Å²) in [4.78, 5) is 24.8. The summed E-state index contributed by atoms with van der Waals surface area (Å²) in [6.07, 6.45) is 0. The van der Waals surface area contributed by atoms with Crippen molar-refractivity contribution in [2.75, 3.05) is 40.0 Å². The minimum absolute atomic E-state index is 0.0940. The highest BCUT2D eigenvalue weighted by Crippen LogP contribution is 2.16. The average molecular weight is 359 g/mol. The van der Waals surface area contributed by atoms with E-state index in [0.717, 1.165) is 24.4 Å². The molecule has 3 rings (SSSR count). The van der Waals surface area contributed by atoms with Gasteiger partial charge in [0.05, 0.1) is 26.9 Å². The molecule has 0 saturated carbocycles. The number of amides is 1. The Morgan fingerprint density at radius 1 is 1.27 bits per heavy atom. The molecule has 0 unspecified atom stereocenters. The molecule has 1 aliphatic heterocycles. The summed E-state index contributed by atoms with van der Waals surface area (Å²) in [7, 11) is 1.64. The van der Waals surface area contributed by atoms with E-state index in [1.54, 1.807) is 7.11 Å². The second kappa shape index (κ2) is 8.59. The van der Waals surface area contributed by atoms with Crippen molar-refractivity contribution in [1.82, 2.24) is 15.5 Å². The number of nitrogens with zero attached hydrogens (tertiary/aromatic N) is 1. The molecule has 8 heteroatoms. The van der Waals surface area contributed by atoms with Crippen molar-refractivity contribution in [1.29, 1.82) is 0 Å². The number of nitrogens with one attached hydrogen (secondary N) is 3. The molecule has 0 spiro atoms. The van der Waals surface area contributed by atoms with Gasteiger partial charge in [-0.05, 0) is 30.3 Å². The Balaban J connectivity index is 1.73. The van der Waals surface area contributed by atoms with Crippen molar-refractivity contribution in [3.8, 4) is 5.75 Å². The van der Waals surface area contributed by atoms with E-state index in [2.05, 4.69) is 15.5 Å². The van der Waals surface area contributed by atoms with Gasteiger partial charge in [-0.25, -0.2) is 5.10 Å². The van der Waals surface area contributed by atoms with E-state index in [4.69, 9.17) is 9.47 Å². The highest BCUT2D eigenvalue weighted by atomic mass is 16.5. The summed E-state index contributed by atoms with van der Waals surface area (Å²) in [5.41, 5.74) is 0.975. The lowest BCUT2D eigenvalue weighted by molar-refractivity contribution is -0.937. The lowest BCUT2D eigenvalue weighted by atomic mass is 10.0. The van der Waals surface area contributed by atoms with Gasteiger partial charge >= 0.3 is 0 Å². The lowest BCUT2D eigenvalue weighted by Crippen LogP contribution is -3.15. The van der Waals surface area contributed by atoms with Gasteiger partial charge < -0.3 is 19.7 Å². The summed E-state index contributed by atoms with van der Waals surface area (Å²) >= 11 is 0. The highest BCUT2D eigenvalue weighted by Gasteiger charge is 2.27. The molecule has 8 nitrogen and oxygen atoms in total. The average Bonchev–Trinajstić information content (AvgIpc) is 2.70. The molecule has 138 valence electrons. The molecular formula is C18H23N4O4+. The van der Waals surface area contributed by atoms with Gasteiger partial charge in [-0.3, -0.25) is 9.59 Å². The molecule has 0 bridgehead atoms. The van der Waals surface area contributed by atoms with E-state index < -0.39 is 0 Å². The Morgan fingerprint density at radius 2 is 2.00 bits per heavy atom. The number of carbonyl (C=O) groups is 1. The van der Waals surface area contributed by atoms with Crippen molar-refractivity contribution in [2.24, 2.45) is 0 Å². The number of rotatable bonds is 6.